The lowest BCUT2D eigenvalue weighted by Crippen LogP contribution is -2.47. The summed E-state index contributed by atoms with van der Waals surface area (Å²) in [6.45, 7) is 0.955. The van der Waals surface area contributed by atoms with Gasteiger partial charge in [0.1, 0.15) is 6.04 Å². The number of hydrogen-bond donors (Lipinski definition) is 1. The third kappa shape index (κ3) is 3.52. The lowest BCUT2D eigenvalue weighted by atomic mass is 10.2. The van der Waals surface area contributed by atoms with Gasteiger partial charge in [0, 0.05) is 39.4 Å². The average molecular weight is 276 g/mol. The Bertz CT molecular complexity index is 313. The van der Waals surface area contributed by atoms with E-state index in [0.29, 0.717) is 19.5 Å². The molecule has 1 N–H and O–H groups in total. The van der Waals surface area contributed by atoms with Crippen LogP contribution < -0.4 is 0 Å². The van der Waals surface area contributed by atoms with Crippen molar-refractivity contribution in [2.24, 2.45) is 0 Å². The van der Waals surface area contributed by atoms with E-state index in [1.807, 2.05) is 6.26 Å². The third-order valence-corrected chi connectivity index (χ3v) is 3.67. The number of carbonyl (C=O) groups is 2. The van der Waals surface area contributed by atoms with Gasteiger partial charge in [-0.2, -0.15) is 11.8 Å². The summed E-state index contributed by atoms with van der Waals surface area (Å²) in [6, 6.07) is -1.02. The molecule has 0 radical (unpaired) electrons. The van der Waals surface area contributed by atoms with Gasteiger partial charge < -0.3 is 19.6 Å². The fraction of sp³-hybridized carbons (Fsp3) is 0.818. The van der Waals surface area contributed by atoms with Gasteiger partial charge in [-0.15, -0.1) is 0 Å². The fourth-order valence-corrected chi connectivity index (χ4v) is 2.41. The molecule has 1 fully saturated rings. The molecule has 0 saturated carbocycles. The molecule has 0 spiro atoms. The molecule has 1 saturated heterocycles. The number of ether oxygens (including phenoxy) is 1. The Morgan fingerprint density at radius 2 is 2.22 bits per heavy atom. The number of nitrogens with zero attached hydrogens (tertiary/aromatic N) is 2. The van der Waals surface area contributed by atoms with Gasteiger partial charge in [-0.1, -0.05) is 0 Å². The Hall–Kier alpha value is -0.950. The van der Waals surface area contributed by atoms with Gasteiger partial charge in [-0.3, -0.25) is 0 Å². The van der Waals surface area contributed by atoms with Crippen LogP contribution in [0.2, 0.25) is 0 Å². The van der Waals surface area contributed by atoms with E-state index in [0.717, 1.165) is 5.75 Å². The van der Waals surface area contributed by atoms with E-state index in [1.165, 1.54) is 12.0 Å². The highest BCUT2D eigenvalue weighted by atomic mass is 32.2. The van der Waals surface area contributed by atoms with Crippen LogP contribution in [0.15, 0.2) is 0 Å². The van der Waals surface area contributed by atoms with Crippen molar-refractivity contribution >= 4 is 23.8 Å². The SMILES string of the molecule is COC1CC(C(=O)O)N(C(=O)N(C)CCSC)C1. The smallest absolute Gasteiger partial charge is 0.326 e. The van der Waals surface area contributed by atoms with Crippen molar-refractivity contribution in [2.75, 3.05) is 39.3 Å². The van der Waals surface area contributed by atoms with Crippen molar-refractivity contribution < 1.29 is 19.4 Å². The molecule has 0 bridgehead atoms. The van der Waals surface area contributed by atoms with Crippen molar-refractivity contribution in [3.05, 3.63) is 0 Å². The molecule has 2 atom stereocenters. The summed E-state index contributed by atoms with van der Waals surface area (Å²) >= 11 is 1.65. The Morgan fingerprint density at radius 3 is 2.72 bits per heavy atom. The Balaban J connectivity index is 2.67. The molecule has 1 aliphatic rings. The largest absolute Gasteiger partial charge is 0.480 e. The summed E-state index contributed by atoms with van der Waals surface area (Å²) in [7, 11) is 3.23. The zero-order valence-electron chi connectivity index (χ0n) is 11.0. The number of likely N-dealkylation sites (tertiary alicyclic amines) is 1. The predicted molar refractivity (Wildman–Crippen MR) is 70.0 cm³/mol. The van der Waals surface area contributed by atoms with Crippen molar-refractivity contribution in [2.45, 2.75) is 18.6 Å². The van der Waals surface area contributed by atoms with Crippen LogP contribution in [0, 0.1) is 0 Å². The number of carbonyl (C=O) groups excluding carboxylic acids is 1. The molecule has 2 unspecified atom stereocenters. The molecule has 104 valence electrons. The second-order valence-corrected chi connectivity index (χ2v) is 5.28. The summed E-state index contributed by atoms with van der Waals surface area (Å²) < 4.78 is 5.15. The molecule has 1 heterocycles. The minimum absolute atomic E-state index is 0.191. The normalized spacial score (nSPS) is 23.2. The van der Waals surface area contributed by atoms with Crippen LogP contribution in [0.3, 0.4) is 0 Å². The lowest BCUT2D eigenvalue weighted by Gasteiger charge is -2.27. The highest BCUT2D eigenvalue weighted by molar-refractivity contribution is 7.98. The second-order valence-electron chi connectivity index (χ2n) is 4.30. The van der Waals surface area contributed by atoms with Crippen LogP contribution in [-0.2, 0) is 9.53 Å². The molecule has 1 rings (SSSR count). The Kier molecular flexibility index (Phi) is 5.74. The van der Waals surface area contributed by atoms with Crippen LogP contribution in [-0.4, -0.2) is 78.3 Å². The highest BCUT2D eigenvalue weighted by Gasteiger charge is 2.40. The average Bonchev–Trinajstić information content (AvgIpc) is 2.79. The topological polar surface area (TPSA) is 70.1 Å². The summed E-state index contributed by atoms with van der Waals surface area (Å²) in [5, 5.41) is 9.13. The minimum atomic E-state index is -0.971. The number of hydrogen-bond acceptors (Lipinski definition) is 4. The maximum Gasteiger partial charge on any atom is 0.326 e. The molecule has 0 aliphatic carbocycles. The van der Waals surface area contributed by atoms with E-state index in [9.17, 15) is 9.59 Å². The zero-order chi connectivity index (χ0) is 13.7. The van der Waals surface area contributed by atoms with E-state index in [2.05, 4.69) is 0 Å². The molecule has 0 aromatic carbocycles. The molecule has 1 aliphatic heterocycles. The van der Waals surface area contributed by atoms with Crippen LogP contribution in [0.1, 0.15) is 6.42 Å². The van der Waals surface area contributed by atoms with E-state index in [1.54, 1.807) is 23.7 Å². The number of methoxy groups -OCH3 is 1. The van der Waals surface area contributed by atoms with E-state index >= 15 is 0 Å². The highest BCUT2D eigenvalue weighted by Crippen LogP contribution is 2.21. The summed E-state index contributed by atoms with van der Waals surface area (Å²) in [5.41, 5.74) is 0. The van der Waals surface area contributed by atoms with Crippen LogP contribution in [0.5, 0.6) is 0 Å². The van der Waals surface area contributed by atoms with E-state index < -0.39 is 12.0 Å². The summed E-state index contributed by atoms with van der Waals surface area (Å²) in [5.74, 6) is -0.136. The maximum absolute atomic E-state index is 12.2. The Labute approximate surface area is 111 Å². The van der Waals surface area contributed by atoms with E-state index in [-0.39, 0.29) is 12.1 Å². The van der Waals surface area contributed by atoms with Gasteiger partial charge >= 0.3 is 12.0 Å². The van der Waals surface area contributed by atoms with Crippen molar-refractivity contribution in [1.29, 1.82) is 0 Å². The number of thioether (sulfide) groups is 1. The number of aliphatic carboxylic acids is 1. The van der Waals surface area contributed by atoms with Crippen LogP contribution >= 0.6 is 11.8 Å². The maximum atomic E-state index is 12.2. The van der Waals surface area contributed by atoms with Crippen molar-refractivity contribution in [1.82, 2.24) is 9.80 Å². The van der Waals surface area contributed by atoms with Gasteiger partial charge in [0.2, 0.25) is 0 Å². The number of rotatable bonds is 5. The molecule has 0 aromatic heterocycles. The fourth-order valence-electron chi connectivity index (χ4n) is 1.96. The van der Waals surface area contributed by atoms with Crippen LogP contribution in [0.25, 0.3) is 0 Å². The first-order valence-electron chi connectivity index (χ1n) is 5.77. The van der Waals surface area contributed by atoms with Gasteiger partial charge in [0.15, 0.2) is 0 Å². The van der Waals surface area contributed by atoms with Crippen molar-refractivity contribution in [3.8, 4) is 0 Å². The van der Waals surface area contributed by atoms with Gasteiger partial charge in [-0.05, 0) is 6.26 Å². The first-order chi connectivity index (χ1) is 8.51. The molecule has 0 aromatic rings. The number of amides is 2. The first-order valence-corrected chi connectivity index (χ1v) is 7.17. The summed E-state index contributed by atoms with van der Waals surface area (Å²) in [6.07, 6.45) is 2.13. The molecule has 18 heavy (non-hydrogen) atoms. The monoisotopic (exact) mass is 276 g/mol. The number of carboxylic acid groups (broad SMARTS) is 1. The quantitative estimate of drug-likeness (QED) is 0.795. The minimum Gasteiger partial charge on any atom is -0.480 e. The molecule has 6 nitrogen and oxygen atoms in total. The standard InChI is InChI=1S/C11H20N2O4S/c1-12(4-5-18-3)11(16)13-7-8(17-2)6-9(13)10(14)15/h8-9H,4-7H2,1-3H3,(H,14,15). The molecular formula is C11H20N2O4S. The molecule has 7 heteroatoms. The number of urea groups is 1. The first kappa shape index (κ1) is 15.1. The molecular weight excluding hydrogens is 256 g/mol. The second kappa shape index (κ2) is 6.84. The van der Waals surface area contributed by atoms with Crippen molar-refractivity contribution in [3.63, 3.8) is 0 Å². The van der Waals surface area contributed by atoms with Gasteiger partial charge in [-0.25, -0.2) is 9.59 Å². The lowest BCUT2D eigenvalue weighted by molar-refractivity contribution is -0.141. The molecule has 2 amide bonds. The van der Waals surface area contributed by atoms with Gasteiger partial charge in [0.05, 0.1) is 6.10 Å². The predicted octanol–water partition coefficient (Wildman–Crippen LogP) is 0.575. The van der Waals surface area contributed by atoms with E-state index in [4.69, 9.17) is 9.84 Å². The Morgan fingerprint density at radius 1 is 1.56 bits per heavy atom. The summed E-state index contributed by atoms with van der Waals surface area (Å²) in [4.78, 5) is 26.2. The van der Waals surface area contributed by atoms with Gasteiger partial charge in [0.25, 0.3) is 0 Å². The third-order valence-electron chi connectivity index (χ3n) is 3.08. The van der Waals surface area contributed by atoms with Crippen LogP contribution in [0.4, 0.5) is 4.79 Å². The number of carboxylic acids is 1. The zero-order valence-corrected chi connectivity index (χ0v) is 11.8.